The summed E-state index contributed by atoms with van der Waals surface area (Å²) in [6, 6.07) is 2.97. The van der Waals surface area contributed by atoms with Gasteiger partial charge in [-0.25, -0.2) is 8.78 Å². The molecule has 0 fully saturated rings. The zero-order chi connectivity index (χ0) is 14.4. The first-order chi connectivity index (χ1) is 8.95. The fraction of sp³-hybridized carbons (Fsp3) is 0.500. The highest BCUT2D eigenvalue weighted by atomic mass is 19.3. The smallest absolute Gasteiger partial charge is 0.305 e. The van der Waals surface area contributed by atoms with Gasteiger partial charge >= 0.3 is 5.97 Å². The Morgan fingerprint density at radius 3 is 2.68 bits per heavy atom. The molecule has 0 aliphatic rings. The van der Waals surface area contributed by atoms with Crippen LogP contribution in [0.2, 0.25) is 0 Å². The second kappa shape index (κ2) is 6.86. The van der Waals surface area contributed by atoms with Gasteiger partial charge in [0, 0.05) is 19.3 Å². The minimum absolute atomic E-state index is 0.0600. The van der Waals surface area contributed by atoms with E-state index in [1.54, 1.807) is 6.92 Å². The zero-order valence-corrected chi connectivity index (χ0v) is 10.6. The molecule has 0 aliphatic carbocycles. The largest absolute Gasteiger partial charge is 0.481 e. The Hall–Kier alpha value is -1.92. The summed E-state index contributed by atoms with van der Waals surface area (Å²) < 4.78 is 25.9. The molecule has 0 bridgehead atoms. The molecular weight excluding hydrogens is 258 g/mol. The van der Waals surface area contributed by atoms with E-state index in [2.05, 4.69) is 0 Å². The first-order valence-electron chi connectivity index (χ1n) is 5.90. The van der Waals surface area contributed by atoms with Crippen molar-refractivity contribution in [3.8, 4) is 0 Å². The summed E-state index contributed by atoms with van der Waals surface area (Å²) in [5.41, 5.74) is 0.146. The second-order valence-corrected chi connectivity index (χ2v) is 3.97. The number of nitrogens with zero attached hydrogens (tertiary/aromatic N) is 2. The average Bonchev–Trinajstić information content (AvgIpc) is 2.76. The van der Waals surface area contributed by atoms with Crippen LogP contribution < -0.4 is 0 Å². The van der Waals surface area contributed by atoms with Gasteiger partial charge in [-0.15, -0.1) is 0 Å². The molecule has 1 heterocycles. The SMILES string of the molecule is CCN(CCC(=O)O)C(=O)c1cccn1CC(F)F. The maximum absolute atomic E-state index is 12.4. The number of rotatable bonds is 7. The Balaban J connectivity index is 2.79. The Kier molecular flexibility index (Phi) is 5.47. The van der Waals surface area contributed by atoms with Gasteiger partial charge in [0.1, 0.15) is 5.69 Å². The number of amides is 1. The van der Waals surface area contributed by atoms with Crippen molar-refractivity contribution in [3.63, 3.8) is 0 Å². The molecule has 19 heavy (non-hydrogen) atoms. The second-order valence-electron chi connectivity index (χ2n) is 3.97. The van der Waals surface area contributed by atoms with Gasteiger partial charge in [-0.1, -0.05) is 0 Å². The molecule has 0 atom stereocenters. The van der Waals surface area contributed by atoms with Gasteiger partial charge in [0.2, 0.25) is 0 Å². The van der Waals surface area contributed by atoms with Crippen LogP contribution in [0.25, 0.3) is 0 Å². The van der Waals surface area contributed by atoms with E-state index in [0.717, 1.165) is 0 Å². The van der Waals surface area contributed by atoms with Crippen molar-refractivity contribution in [2.24, 2.45) is 0 Å². The van der Waals surface area contributed by atoms with Crippen molar-refractivity contribution in [2.45, 2.75) is 26.3 Å². The van der Waals surface area contributed by atoms with E-state index in [-0.39, 0.29) is 18.7 Å². The minimum Gasteiger partial charge on any atom is -0.481 e. The molecule has 0 unspecified atom stereocenters. The lowest BCUT2D eigenvalue weighted by atomic mass is 10.3. The third-order valence-electron chi connectivity index (χ3n) is 2.65. The van der Waals surface area contributed by atoms with E-state index < -0.39 is 24.8 Å². The summed E-state index contributed by atoms with van der Waals surface area (Å²) in [5.74, 6) is -1.44. The third-order valence-corrected chi connectivity index (χ3v) is 2.65. The molecular formula is C12H16F2N2O3. The lowest BCUT2D eigenvalue weighted by Gasteiger charge is -2.20. The number of carbonyl (C=O) groups is 2. The van der Waals surface area contributed by atoms with Crippen LogP contribution in [0.3, 0.4) is 0 Å². The van der Waals surface area contributed by atoms with E-state index in [9.17, 15) is 18.4 Å². The van der Waals surface area contributed by atoms with Crippen molar-refractivity contribution in [3.05, 3.63) is 24.0 Å². The van der Waals surface area contributed by atoms with Crippen LogP contribution in [0.1, 0.15) is 23.8 Å². The number of carbonyl (C=O) groups excluding carboxylic acids is 1. The number of hydrogen-bond donors (Lipinski definition) is 1. The van der Waals surface area contributed by atoms with Gasteiger partial charge in [0.15, 0.2) is 0 Å². The van der Waals surface area contributed by atoms with Crippen molar-refractivity contribution in [1.82, 2.24) is 9.47 Å². The van der Waals surface area contributed by atoms with Gasteiger partial charge < -0.3 is 14.6 Å². The summed E-state index contributed by atoms with van der Waals surface area (Å²) >= 11 is 0. The Bertz CT molecular complexity index is 446. The van der Waals surface area contributed by atoms with Gasteiger partial charge in [-0.2, -0.15) is 0 Å². The van der Waals surface area contributed by atoms with E-state index in [1.165, 1.54) is 27.8 Å². The van der Waals surface area contributed by atoms with Crippen molar-refractivity contribution in [2.75, 3.05) is 13.1 Å². The lowest BCUT2D eigenvalue weighted by Crippen LogP contribution is -2.34. The van der Waals surface area contributed by atoms with E-state index in [0.29, 0.717) is 6.54 Å². The molecule has 0 saturated carbocycles. The van der Waals surface area contributed by atoms with Gasteiger partial charge in [0.05, 0.1) is 13.0 Å². The molecule has 5 nitrogen and oxygen atoms in total. The Morgan fingerprint density at radius 1 is 1.47 bits per heavy atom. The predicted octanol–water partition coefficient (Wildman–Crippen LogP) is 1.69. The normalized spacial score (nSPS) is 10.7. The van der Waals surface area contributed by atoms with E-state index >= 15 is 0 Å². The van der Waals surface area contributed by atoms with E-state index in [4.69, 9.17) is 5.11 Å². The Labute approximate surface area is 109 Å². The summed E-state index contributed by atoms with van der Waals surface area (Å²) in [4.78, 5) is 23.9. The molecule has 1 rings (SSSR count). The number of hydrogen-bond acceptors (Lipinski definition) is 2. The summed E-state index contributed by atoms with van der Waals surface area (Å²) in [6.07, 6.45) is -1.31. The van der Waals surface area contributed by atoms with Crippen LogP contribution in [0.4, 0.5) is 8.78 Å². The summed E-state index contributed by atoms with van der Waals surface area (Å²) in [6.45, 7) is 1.54. The van der Waals surface area contributed by atoms with Crippen LogP contribution in [-0.4, -0.2) is 46.0 Å². The first-order valence-corrected chi connectivity index (χ1v) is 5.90. The molecule has 7 heteroatoms. The van der Waals surface area contributed by atoms with Crippen molar-refractivity contribution in [1.29, 1.82) is 0 Å². The van der Waals surface area contributed by atoms with Gasteiger partial charge in [-0.3, -0.25) is 9.59 Å². The zero-order valence-electron chi connectivity index (χ0n) is 10.6. The number of aliphatic carboxylic acids is 1. The van der Waals surface area contributed by atoms with Gasteiger partial charge in [-0.05, 0) is 19.1 Å². The van der Waals surface area contributed by atoms with Crippen LogP contribution >= 0.6 is 0 Å². The highest BCUT2D eigenvalue weighted by Gasteiger charge is 2.19. The van der Waals surface area contributed by atoms with Gasteiger partial charge in [0.25, 0.3) is 12.3 Å². The molecule has 0 radical (unpaired) electrons. The topological polar surface area (TPSA) is 62.5 Å². The number of halogens is 2. The molecule has 0 aliphatic heterocycles. The molecule has 1 amide bonds. The molecule has 1 N–H and O–H groups in total. The first kappa shape index (κ1) is 15.1. The maximum atomic E-state index is 12.4. The quantitative estimate of drug-likeness (QED) is 0.823. The number of carboxylic acid groups (broad SMARTS) is 1. The summed E-state index contributed by atoms with van der Waals surface area (Å²) in [7, 11) is 0. The highest BCUT2D eigenvalue weighted by Crippen LogP contribution is 2.10. The fourth-order valence-corrected chi connectivity index (χ4v) is 1.71. The molecule has 0 spiro atoms. The van der Waals surface area contributed by atoms with Crippen molar-refractivity contribution >= 4 is 11.9 Å². The average molecular weight is 274 g/mol. The Morgan fingerprint density at radius 2 is 2.16 bits per heavy atom. The number of alkyl halides is 2. The molecule has 1 aromatic rings. The molecule has 0 saturated heterocycles. The van der Waals surface area contributed by atoms with E-state index in [1.807, 2.05) is 0 Å². The highest BCUT2D eigenvalue weighted by molar-refractivity contribution is 5.93. The monoisotopic (exact) mass is 274 g/mol. The third kappa shape index (κ3) is 4.35. The maximum Gasteiger partial charge on any atom is 0.305 e. The number of aromatic nitrogens is 1. The van der Waals surface area contributed by atoms with Crippen LogP contribution in [0, 0.1) is 0 Å². The van der Waals surface area contributed by atoms with Crippen LogP contribution in [-0.2, 0) is 11.3 Å². The fourth-order valence-electron chi connectivity index (χ4n) is 1.71. The predicted molar refractivity (Wildman–Crippen MR) is 64.3 cm³/mol. The van der Waals surface area contributed by atoms with Crippen LogP contribution in [0.15, 0.2) is 18.3 Å². The molecule has 106 valence electrons. The van der Waals surface area contributed by atoms with Crippen molar-refractivity contribution < 1.29 is 23.5 Å². The standard InChI is InChI=1S/C12H16F2N2O3/c1-2-15(7-5-11(17)18)12(19)9-4-3-6-16(9)8-10(13)14/h3-4,6,10H,2,5,7-8H2,1H3,(H,17,18). The van der Waals surface area contributed by atoms with Crippen LogP contribution in [0.5, 0.6) is 0 Å². The lowest BCUT2D eigenvalue weighted by molar-refractivity contribution is -0.137. The number of carboxylic acids is 1. The molecule has 0 aromatic carbocycles. The molecule has 1 aromatic heterocycles. The minimum atomic E-state index is -2.55. The summed E-state index contributed by atoms with van der Waals surface area (Å²) in [5, 5.41) is 8.60.